The highest BCUT2D eigenvalue weighted by Crippen LogP contribution is 2.29. The van der Waals surface area contributed by atoms with Crippen LogP contribution in [0.4, 0.5) is 24.7 Å². The number of benzene rings is 1. The molecule has 10 heteroatoms. The van der Waals surface area contributed by atoms with E-state index in [1.54, 1.807) is 17.0 Å². The molecule has 7 nitrogen and oxygen atoms in total. The molecule has 0 atom stereocenters. The first-order valence-corrected chi connectivity index (χ1v) is 11.1. The fraction of sp³-hybridized carbons (Fsp3) is 0.417. The number of anilines is 2. The van der Waals surface area contributed by atoms with E-state index in [9.17, 15) is 22.8 Å². The van der Waals surface area contributed by atoms with Gasteiger partial charge in [0.25, 0.3) is 0 Å². The highest BCUT2D eigenvalue weighted by molar-refractivity contribution is 5.95. The fourth-order valence-electron chi connectivity index (χ4n) is 3.81. The van der Waals surface area contributed by atoms with Gasteiger partial charge in [0.05, 0.1) is 18.1 Å². The van der Waals surface area contributed by atoms with E-state index < -0.39 is 11.7 Å². The first-order valence-electron chi connectivity index (χ1n) is 11.1. The molecule has 0 unspecified atom stereocenters. The topological polar surface area (TPSA) is 80.5 Å². The minimum Gasteiger partial charge on any atom is -0.355 e. The van der Waals surface area contributed by atoms with Crippen LogP contribution in [0.2, 0.25) is 0 Å². The van der Waals surface area contributed by atoms with Crippen LogP contribution in [-0.2, 0) is 15.8 Å². The minimum atomic E-state index is -4.43. The van der Waals surface area contributed by atoms with Gasteiger partial charge < -0.3 is 14.7 Å². The van der Waals surface area contributed by atoms with Crippen LogP contribution in [0.15, 0.2) is 48.7 Å². The average Bonchev–Trinajstić information content (AvgIpc) is 3.09. The molecular formula is C24H26F3N5O2. The van der Waals surface area contributed by atoms with Crippen LogP contribution >= 0.6 is 0 Å². The van der Waals surface area contributed by atoms with Crippen molar-refractivity contribution in [3.05, 3.63) is 54.2 Å². The number of rotatable bonds is 7. The summed E-state index contributed by atoms with van der Waals surface area (Å²) >= 11 is 0. The lowest BCUT2D eigenvalue weighted by Gasteiger charge is -2.24. The van der Waals surface area contributed by atoms with Crippen LogP contribution in [0, 0.1) is 11.3 Å². The second-order valence-corrected chi connectivity index (χ2v) is 7.91. The molecule has 180 valence electrons. The van der Waals surface area contributed by atoms with Gasteiger partial charge in [0.1, 0.15) is 5.82 Å². The maximum Gasteiger partial charge on any atom is 0.417 e. The summed E-state index contributed by atoms with van der Waals surface area (Å²) < 4.78 is 38.3. The lowest BCUT2D eigenvalue weighted by Crippen LogP contribution is -2.37. The molecule has 3 rings (SSSR count). The van der Waals surface area contributed by atoms with Crippen LogP contribution in [-0.4, -0.2) is 54.4 Å². The van der Waals surface area contributed by atoms with Gasteiger partial charge in [-0.25, -0.2) is 4.98 Å². The van der Waals surface area contributed by atoms with Gasteiger partial charge in [0.15, 0.2) is 0 Å². The number of carbonyl (C=O) groups is 2. The molecule has 1 fully saturated rings. The molecule has 1 aromatic heterocycles. The van der Waals surface area contributed by atoms with Crippen molar-refractivity contribution in [1.82, 2.24) is 9.88 Å². The van der Waals surface area contributed by atoms with Gasteiger partial charge in [-0.3, -0.25) is 9.59 Å². The summed E-state index contributed by atoms with van der Waals surface area (Å²) in [6.07, 6.45) is -2.71. The molecule has 0 saturated carbocycles. The highest BCUT2D eigenvalue weighted by Gasteiger charge is 2.31. The van der Waals surface area contributed by atoms with E-state index in [4.69, 9.17) is 5.26 Å². The van der Waals surface area contributed by atoms with Crippen LogP contribution in [0.3, 0.4) is 0 Å². The van der Waals surface area contributed by atoms with Gasteiger partial charge in [-0.15, -0.1) is 0 Å². The van der Waals surface area contributed by atoms with E-state index in [1.807, 2.05) is 29.2 Å². The quantitative estimate of drug-likeness (QED) is 0.610. The molecule has 2 aromatic rings. The number of hydrogen-bond acceptors (Lipinski definition) is 5. The zero-order valence-electron chi connectivity index (χ0n) is 18.7. The third-order valence-corrected chi connectivity index (χ3v) is 5.62. The van der Waals surface area contributed by atoms with Gasteiger partial charge in [-0.05, 0) is 30.7 Å². The number of nitrogens with zero attached hydrogens (tertiary/aromatic N) is 5. The number of pyridine rings is 1. The van der Waals surface area contributed by atoms with Crippen molar-refractivity contribution in [2.24, 2.45) is 0 Å². The highest BCUT2D eigenvalue weighted by atomic mass is 19.4. The molecule has 0 bridgehead atoms. The second kappa shape index (κ2) is 11.5. The fourth-order valence-corrected chi connectivity index (χ4v) is 3.81. The lowest BCUT2D eigenvalue weighted by atomic mass is 10.2. The number of para-hydroxylation sites is 1. The van der Waals surface area contributed by atoms with E-state index in [-0.39, 0.29) is 37.6 Å². The van der Waals surface area contributed by atoms with Crippen LogP contribution in [0.1, 0.15) is 31.2 Å². The predicted molar refractivity (Wildman–Crippen MR) is 121 cm³/mol. The van der Waals surface area contributed by atoms with Crippen molar-refractivity contribution >= 4 is 23.3 Å². The standard InChI is InChI=1S/C24H26F3N5O2/c25-24(26,27)19-8-9-21(29-18-19)30-13-5-14-31(17-16-30)22(33)10-11-23(34)32(15-4-12-28)20-6-2-1-3-7-20/h1-3,6-9,18H,4-5,10-11,13-17H2. The molecule has 0 N–H and O–H groups in total. The van der Waals surface area contributed by atoms with Gasteiger partial charge in [-0.2, -0.15) is 18.4 Å². The number of nitriles is 1. The summed E-state index contributed by atoms with van der Waals surface area (Å²) in [5, 5.41) is 8.90. The maximum absolute atomic E-state index is 12.8. The largest absolute Gasteiger partial charge is 0.417 e. The van der Waals surface area contributed by atoms with Gasteiger partial charge in [0.2, 0.25) is 11.8 Å². The first kappa shape index (κ1) is 25.0. The van der Waals surface area contributed by atoms with Crippen molar-refractivity contribution in [3.8, 4) is 6.07 Å². The second-order valence-electron chi connectivity index (χ2n) is 7.91. The number of carbonyl (C=O) groups excluding carboxylic acids is 2. The Balaban J connectivity index is 1.54. The molecule has 0 radical (unpaired) electrons. The smallest absolute Gasteiger partial charge is 0.355 e. The monoisotopic (exact) mass is 473 g/mol. The number of halogens is 3. The molecule has 1 aliphatic rings. The summed E-state index contributed by atoms with van der Waals surface area (Å²) in [6, 6.07) is 13.4. The number of hydrogen-bond donors (Lipinski definition) is 0. The Kier molecular flexibility index (Phi) is 8.46. The van der Waals surface area contributed by atoms with Crippen molar-refractivity contribution in [2.45, 2.75) is 31.9 Å². The van der Waals surface area contributed by atoms with Crippen molar-refractivity contribution in [2.75, 3.05) is 42.5 Å². The molecule has 0 spiro atoms. The van der Waals surface area contributed by atoms with Gasteiger partial charge >= 0.3 is 6.18 Å². The predicted octanol–water partition coefficient (Wildman–Crippen LogP) is 3.87. The van der Waals surface area contributed by atoms with Crippen LogP contribution < -0.4 is 9.80 Å². The van der Waals surface area contributed by atoms with Gasteiger partial charge in [-0.1, -0.05) is 18.2 Å². The molecule has 2 amide bonds. The molecule has 2 heterocycles. The van der Waals surface area contributed by atoms with Crippen LogP contribution in [0.5, 0.6) is 0 Å². The molecule has 1 aromatic carbocycles. The summed E-state index contributed by atoms with van der Waals surface area (Å²) in [6.45, 7) is 2.16. The Morgan fingerprint density at radius 1 is 1.03 bits per heavy atom. The van der Waals surface area contributed by atoms with E-state index in [0.717, 1.165) is 12.3 Å². The average molecular weight is 473 g/mol. The first-order chi connectivity index (χ1) is 16.3. The van der Waals surface area contributed by atoms with E-state index in [1.165, 1.54) is 11.0 Å². The maximum atomic E-state index is 12.8. The number of aromatic nitrogens is 1. The molecule has 1 saturated heterocycles. The van der Waals surface area contributed by atoms with E-state index in [0.29, 0.717) is 44.1 Å². The third-order valence-electron chi connectivity index (χ3n) is 5.62. The van der Waals surface area contributed by atoms with E-state index in [2.05, 4.69) is 4.98 Å². The van der Waals surface area contributed by atoms with Crippen molar-refractivity contribution in [1.29, 1.82) is 5.26 Å². The third kappa shape index (κ3) is 6.70. The summed E-state index contributed by atoms with van der Waals surface area (Å²) in [4.78, 5) is 34.6. The van der Waals surface area contributed by atoms with Crippen LogP contribution in [0.25, 0.3) is 0 Å². The number of amides is 2. The Hall–Kier alpha value is -3.61. The summed E-state index contributed by atoms with van der Waals surface area (Å²) in [5.41, 5.74) is -0.114. The van der Waals surface area contributed by atoms with E-state index >= 15 is 0 Å². The Bertz CT molecular complexity index is 1010. The molecule has 0 aliphatic carbocycles. The minimum absolute atomic E-state index is 0.0276. The normalized spacial score (nSPS) is 14.3. The zero-order chi connectivity index (χ0) is 24.6. The zero-order valence-corrected chi connectivity index (χ0v) is 18.7. The number of alkyl halides is 3. The summed E-state index contributed by atoms with van der Waals surface area (Å²) in [7, 11) is 0. The van der Waals surface area contributed by atoms with Crippen molar-refractivity contribution in [3.63, 3.8) is 0 Å². The molecular weight excluding hydrogens is 447 g/mol. The Morgan fingerprint density at radius 3 is 2.44 bits per heavy atom. The Labute approximate surface area is 196 Å². The molecule has 34 heavy (non-hydrogen) atoms. The Morgan fingerprint density at radius 2 is 1.79 bits per heavy atom. The lowest BCUT2D eigenvalue weighted by molar-refractivity contribution is -0.137. The van der Waals surface area contributed by atoms with Crippen molar-refractivity contribution < 1.29 is 22.8 Å². The SMILES string of the molecule is N#CCCN(C(=O)CCC(=O)N1CCCN(c2ccc(C(F)(F)F)cn2)CC1)c1ccccc1. The molecule has 1 aliphatic heterocycles. The van der Waals surface area contributed by atoms with Gasteiger partial charge in [0, 0.05) is 57.4 Å². The summed E-state index contributed by atoms with van der Waals surface area (Å²) in [5.74, 6) is 0.0672.